The summed E-state index contributed by atoms with van der Waals surface area (Å²) < 4.78 is 16.3. The summed E-state index contributed by atoms with van der Waals surface area (Å²) in [6.45, 7) is 1.37. The molecule has 1 aliphatic rings. The number of carbonyl (C=O) groups is 2. The van der Waals surface area contributed by atoms with E-state index >= 15 is 0 Å². The lowest BCUT2D eigenvalue weighted by Crippen LogP contribution is -2.46. The molecular weight excluding hydrogens is 372 g/mol. The molecule has 1 fully saturated rings. The van der Waals surface area contributed by atoms with E-state index in [1.165, 1.54) is 12.5 Å². The number of hydrogen-bond acceptors (Lipinski definition) is 5. The fraction of sp³-hybridized carbons (Fsp3) is 0.273. The molecule has 0 saturated carbocycles. The van der Waals surface area contributed by atoms with Gasteiger partial charge in [-0.15, -0.1) is 0 Å². The van der Waals surface area contributed by atoms with Crippen molar-refractivity contribution in [2.24, 2.45) is 0 Å². The Labute approximate surface area is 168 Å². The summed E-state index contributed by atoms with van der Waals surface area (Å²) in [6.07, 6.45) is 4.33. The standard InChI is InChI=1S/C22H22N2O5/c25-21(20-16(10-14-28-20)15-29-18-5-2-1-3-6-18)23-17-8-11-24(12-9-17)22(26)19-7-4-13-27-19/h1-7,10,13-14,17H,8-9,11-12,15H2,(H,23,25). The average molecular weight is 394 g/mol. The highest BCUT2D eigenvalue weighted by atomic mass is 16.5. The lowest BCUT2D eigenvalue weighted by Gasteiger charge is -2.31. The van der Waals surface area contributed by atoms with Gasteiger partial charge < -0.3 is 23.8 Å². The van der Waals surface area contributed by atoms with Crippen LogP contribution in [0.2, 0.25) is 0 Å². The summed E-state index contributed by atoms with van der Waals surface area (Å²) in [5.74, 6) is 0.943. The van der Waals surface area contributed by atoms with E-state index in [0.717, 1.165) is 5.75 Å². The van der Waals surface area contributed by atoms with Crippen LogP contribution in [0.1, 0.15) is 39.5 Å². The van der Waals surface area contributed by atoms with E-state index in [1.54, 1.807) is 23.1 Å². The predicted octanol–water partition coefficient (Wildman–Crippen LogP) is 3.49. The Morgan fingerprint density at radius 3 is 2.52 bits per heavy atom. The van der Waals surface area contributed by atoms with Crippen molar-refractivity contribution in [3.8, 4) is 5.75 Å². The zero-order valence-corrected chi connectivity index (χ0v) is 15.9. The molecular formula is C22H22N2O5. The first kappa shape index (κ1) is 18.9. The van der Waals surface area contributed by atoms with Crippen molar-refractivity contribution >= 4 is 11.8 Å². The Morgan fingerprint density at radius 1 is 1.00 bits per heavy atom. The molecule has 1 N–H and O–H groups in total. The summed E-state index contributed by atoms with van der Waals surface area (Å²) in [5, 5.41) is 3.00. The average Bonchev–Trinajstić information content (AvgIpc) is 3.45. The van der Waals surface area contributed by atoms with E-state index in [0.29, 0.717) is 37.3 Å². The number of rotatable bonds is 6. The number of nitrogens with one attached hydrogen (secondary N) is 1. The molecule has 7 nitrogen and oxygen atoms in total. The number of furan rings is 2. The van der Waals surface area contributed by atoms with E-state index in [2.05, 4.69) is 5.32 Å². The van der Waals surface area contributed by atoms with Crippen LogP contribution >= 0.6 is 0 Å². The fourth-order valence-corrected chi connectivity index (χ4v) is 3.36. The van der Waals surface area contributed by atoms with Crippen molar-refractivity contribution in [3.05, 3.63) is 78.1 Å². The maximum Gasteiger partial charge on any atom is 0.289 e. The summed E-state index contributed by atoms with van der Waals surface area (Å²) >= 11 is 0. The van der Waals surface area contributed by atoms with Gasteiger partial charge in [0.1, 0.15) is 12.4 Å². The Kier molecular flexibility index (Phi) is 5.65. The molecule has 0 radical (unpaired) electrons. The Bertz CT molecular complexity index is 941. The van der Waals surface area contributed by atoms with Crippen LogP contribution in [0.15, 0.2) is 69.9 Å². The van der Waals surface area contributed by atoms with Crippen molar-refractivity contribution < 1.29 is 23.2 Å². The van der Waals surface area contributed by atoms with E-state index in [1.807, 2.05) is 30.3 Å². The predicted molar refractivity (Wildman–Crippen MR) is 105 cm³/mol. The quantitative estimate of drug-likeness (QED) is 0.692. The molecule has 150 valence electrons. The molecule has 0 aliphatic carbocycles. The first-order valence-electron chi connectivity index (χ1n) is 9.58. The molecule has 0 unspecified atom stereocenters. The second-order valence-corrected chi connectivity index (χ2v) is 6.89. The minimum absolute atomic E-state index is 0.0175. The van der Waals surface area contributed by atoms with Crippen molar-refractivity contribution in [1.29, 1.82) is 0 Å². The summed E-state index contributed by atoms with van der Waals surface area (Å²) in [5.41, 5.74) is 0.691. The molecule has 29 heavy (non-hydrogen) atoms. The molecule has 1 aliphatic heterocycles. The number of amides is 2. The van der Waals surface area contributed by atoms with Crippen LogP contribution in [0.4, 0.5) is 0 Å². The Morgan fingerprint density at radius 2 is 1.79 bits per heavy atom. The molecule has 4 rings (SSSR count). The molecule has 0 spiro atoms. The SMILES string of the molecule is O=C(NC1CCN(C(=O)c2ccco2)CC1)c1occc1COc1ccccc1. The molecule has 7 heteroatoms. The Balaban J connectivity index is 1.29. The normalized spacial score (nSPS) is 14.6. The lowest BCUT2D eigenvalue weighted by atomic mass is 10.0. The van der Waals surface area contributed by atoms with Gasteiger partial charge in [-0.25, -0.2) is 0 Å². The molecule has 0 atom stereocenters. The maximum absolute atomic E-state index is 12.7. The lowest BCUT2D eigenvalue weighted by molar-refractivity contribution is 0.0665. The van der Waals surface area contributed by atoms with Gasteiger partial charge in [-0.05, 0) is 43.2 Å². The van der Waals surface area contributed by atoms with Crippen LogP contribution in [0.3, 0.4) is 0 Å². The van der Waals surface area contributed by atoms with Crippen LogP contribution in [0, 0.1) is 0 Å². The Hall–Kier alpha value is -3.48. The topological polar surface area (TPSA) is 84.9 Å². The van der Waals surface area contributed by atoms with Crippen molar-refractivity contribution in [2.75, 3.05) is 13.1 Å². The highest BCUT2D eigenvalue weighted by Crippen LogP contribution is 2.18. The van der Waals surface area contributed by atoms with E-state index in [4.69, 9.17) is 13.6 Å². The molecule has 3 aromatic rings. The molecule has 1 aromatic carbocycles. The highest BCUT2D eigenvalue weighted by Gasteiger charge is 2.27. The molecule has 2 aromatic heterocycles. The van der Waals surface area contributed by atoms with Crippen LogP contribution < -0.4 is 10.1 Å². The van der Waals surface area contributed by atoms with Crippen molar-refractivity contribution in [1.82, 2.24) is 10.2 Å². The molecule has 2 amide bonds. The van der Waals surface area contributed by atoms with Crippen LogP contribution in [0.25, 0.3) is 0 Å². The number of likely N-dealkylation sites (tertiary alicyclic amines) is 1. The third-order valence-corrected chi connectivity index (χ3v) is 4.94. The largest absolute Gasteiger partial charge is 0.489 e. The number of carbonyl (C=O) groups excluding carboxylic acids is 2. The van der Waals surface area contributed by atoms with Gasteiger partial charge >= 0.3 is 0 Å². The third kappa shape index (κ3) is 4.51. The van der Waals surface area contributed by atoms with Crippen LogP contribution in [-0.4, -0.2) is 35.8 Å². The van der Waals surface area contributed by atoms with Gasteiger partial charge in [0, 0.05) is 24.7 Å². The molecule has 1 saturated heterocycles. The number of hydrogen-bond donors (Lipinski definition) is 1. The van der Waals surface area contributed by atoms with Gasteiger partial charge in [0.2, 0.25) is 0 Å². The number of ether oxygens (including phenoxy) is 1. The van der Waals surface area contributed by atoms with Gasteiger partial charge in [-0.1, -0.05) is 18.2 Å². The minimum atomic E-state index is -0.266. The number of benzene rings is 1. The van der Waals surface area contributed by atoms with Crippen molar-refractivity contribution in [2.45, 2.75) is 25.5 Å². The molecule has 3 heterocycles. The summed E-state index contributed by atoms with van der Waals surface area (Å²) in [7, 11) is 0. The summed E-state index contributed by atoms with van der Waals surface area (Å²) in [4.78, 5) is 26.7. The van der Waals surface area contributed by atoms with E-state index in [-0.39, 0.29) is 30.2 Å². The second-order valence-electron chi connectivity index (χ2n) is 6.89. The number of para-hydroxylation sites is 1. The van der Waals surface area contributed by atoms with Gasteiger partial charge in [-0.2, -0.15) is 0 Å². The van der Waals surface area contributed by atoms with Gasteiger partial charge in [0.25, 0.3) is 11.8 Å². The van der Waals surface area contributed by atoms with E-state index < -0.39 is 0 Å². The zero-order valence-electron chi connectivity index (χ0n) is 15.9. The van der Waals surface area contributed by atoms with Crippen LogP contribution in [-0.2, 0) is 6.61 Å². The van der Waals surface area contributed by atoms with Gasteiger partial charge in [0.05, 0.1) is 12.5 Å². The fourth-order valence-electron chi connectivity index (χ4n) is 3.36. The van der Waals surface area contributed by atoms with Gasteiger partial charge in [-0.3, -0.25) is 9.59 Å². The highest BCUT2D eigenvalue weighted by molar-refractivity contribution is 5.93. The summed E-state index contributed by atoms with van der Waals surface area (Å²) in [6, 6.07) is 14.5. The van der Waals surface area contributed by atoms with Gasteiger partial charge in [0.15, 0.2) is 11.5 Å². The smallest absolute Gasteiger partial charge is 0.289 e. The van der Waals surface area contributed by atoms with Crippen LogP contribution in [0.5, 0.6) is 5.75 Å². The van der Waals surface area contributed by atoms with E-state index in [9.17, 15) is 9.59 Å². The monoisotopic (exact) mass is 394 g/mol. The first-order chi connectivity index (χ1) is 14.2. The third-order valence-electron chi connectivity index (χ3n) is 4.94. The number of piperidine rings is 1. The minimum Gasteiger partial charge on any atom is -0.489 e. The van der Waals surface area contributed by atoms with Crippen molar-refractivity contribution in [3.63, 3.8) is 0 Å². The maximum atomic E-state index is 12.7. The second kappa shape index (κ2) is 8.68. The molecule has 0 bridgehead atoms. The zero-order chi connectivity index (χ0) is 20.1. The first-order valence-corrected chi connectivity index (χ1v) is 9.58. The number of nitrogens with zero attached hydrogens (tertiary/aromatic N) is 1.